The monoisotopic (exact) mass is 343 g/mol. The maximum atomic E-state index is 12.5. The molecule has 0 saturated carbocycles. The summed E-state index contributed by atoms with van der Waals surface area (Å²) in [4.78, 5) is 18.2. The summed E-state index contributed by atoms with van der Waals surface area (Å²) in [5.41, 5.74) is 5.92. The largest absolute Gasteiger partial charge is 0.332 e. The van der Waals surface area contributed by atoms with Gasteiger partial charge in [0.1, 0.15) is 18.9 Å². The van der Waals surface area contributed by atoms with Crippen LogP contribution in [0.15, 0.2) is 48.8 Å². The van der Waals surface area contributed by atoms with Gasteiger partial charge in [-0.05, 0) is 35.2 Å². The van der Waals surface area contributed by atoms with E-state index in [-0.39, 0.29) is 18.3 Å². The first-order valence-corrected chi connectivity index (χ1v) is 8.38. The van der Waals surface area contributed by atoms with E-state index >= 15 is 0 Å². The van der Waals surface area contributed by atoms with Crippen LogP contribution in [-0.4, -0.2) is 25.6 Å². The first-order valence-electron chi connectivity index (χ1n) is 8.38. The molecular formula is C20H17N5O. The van der Waals surface area contributed by atoms with Crippen LogP contribution in [0.1, 0.15) is 22.5 Å². The van der Waals surface area contributed by atoms with Crippen LogP contribution in [0.25, 0.3) is 11.1 Å². The van der Waals surface area contributed by atoms with Crippen molar-refractivity contribution in [1.82, 2.24) is 19.7 Å². The molecule has 1 aromatic heterocycles. The quantitative estimate of drug-likeness (QED) is 0.733. The van der Waals surface area contributed by atoms with Crippen molar-refractivity contribution in [3.63, 3.8) is 0 Å². The maximum absolute atomic E-state index is 12.5. The Morgan fingerprint density at radius 2 is 1.85 bits per heavy atom. The second-order valence-corrected chi connectivity index (χ2v) is 6.48. The van der Waals surface area contributed by atoms with Gasteiger partial charge in [-0.2, -0.15) is 5.26 Å². The summed E-state index contributed by atoms with van der Waals surface area (Å²) in [7, 11) is 0. The SMILES string of the molecule is Cc1ccc(-c2ccc3c(c2)CN(C(=O)Cn2cnc(C#N)n2)C3)cc1. The van der Waals surface area contributed by atoms with Crippen molar-refractivity contribution < 1.29 is 4.79 Å². The lowest BCUT2D eigenvalue weighted by molar-refractivity contribution is -0.132. The van der Waals surface area contributed by atoms with E-state index in [2.05, 4.69) is 59.5 Å². The van der Waals surface area contributed by atoms with Gasteiger partial charge in [-0.3, -0.25) is 4.79 Å². The molecule has 0 spiro atoms. The van der Waals surface area contributed by atoms with E-state index in [1.165, 1.54) is 33.3 Å². The summed E-state index contributed by atoms with van der Waals surface area (Å²) >= 11 is 0. The molecule has 3 aromatic rings. The predicted molar refractivity (Wildman–Crippen MR) is 95.6 cm³/mol. The number of amides is 1. The van der Waals surface area contributed by atoms with Gasteiger partial charge in [0.25, 0.3) is 5.82 Å². The lowest BCUT2D eigenvalue weighted by atomic mass is 10.00. The van der Waals surface area contributed by atoms with Crippen molar-refractivity contribution in [2.45, 2.75) is 26.6 Å². The number of carbonyl (C=O) groups is 1. The molecule has 128 valence electrons. The molecule has 0 unspecified atom stereocenters. The Kier molecular flexibility index (Phi) is 3.98. The minimum absolute atomic E-state index is 0.0347. The highest BCUT2D eigenvalue weighted by Gasteiger charge is 2.24. The van der Waals surface area contributed by atoms with Gasteiger partial charge >= 0.3 is 0 Å². The van der Waals surface area contributed by atoms with E-state index in [9.17, 15) is 4.79 Å². The molecule has 2 heterocycles. The van der Waals surface area contributed by atoms with Crippen molar-refractivity contribution >= 4 is 5.91 Å². The normalized spacial score (nSPS) is 12.7. The fourth-order valence-electron chi connectivity index (χ4n) is 3.16. The molecule has 26 heavy (non-hydrogen) atoms. The van der Waals surface area contributed by atoms with Crippen LogP contribution in [0, 0.1) is 18.3 Å². The highest BCUT2D eigenvalue weighted by molar-refractivity contribution is 5.77. The summed E-state index contributed by atoms with van der Waals surface area (Å²) < 4.78 is 1.40. The third-order valence-corrected chi connectivity index (χ3v) is 4.60. The van der Waals surface area contributed by atoms with Crippen molar-refractivity contribution in [1.29, 1.82) is 5.26 Å². The molecule has 0 saturated heterocycles. The van der Waals surface area contributed by atoms with Gasteiger partial charge in [-0.1, -0.05) is 42.0 Å². The van der Waals surface area contributed by atoms with Crippen LogP contribution in [0.4, 0.5) is 0 Å². The summed E-state index contributed by atoms with van der Waals surface area (Å²) in [5, 5.41) is 12.7. The number of nitrogens with zero attached hydrogens (tertiary/aromatic N) is 5. The summed E-state index contributed by atoms with van der Waals surface area (Å²) in [6, 6.07) is 16.7. The molecule has 0 aliphatic carbocycles. The molecule has 1 aliphatic heterocycles. The van der Waals surface area contributed by atoms with Crippen molar-refractivity contribution in [2.75, 3.05) is 0 Å². The standard InChI is InChI=1S/C20H17N5O/c1-14-2-4-15(5-3-14)16-6-7-17-10-24(11-18(17)8-16)20(26)12-25-13-22-19(9-21)23-25/h2-8,13H,10-12H2,1H3. The Labute approximate surface area is 151 Å². The van der Waals surface area contributed by atoms with Crippen LogP contribution in [-0.2, 0) is 24.4 Å². The summed E-state index contributed by atoms with van der Waals surface area (Å²) in [6.45, 7) is 3.36. The Bertz CT molecular complexity index is 1010. The van der Waals surface area contributed by atoms with Gasteiger partial charge in [-0.25, -0.2) is 9.67 Å². The lowest BCUT2D eigenvalue weighted by Crippen LogP contribution is -2.29. The topological polar surface area (TPSA) is 74.8 Å². The van der Waals surface area contributed by atoms with Crippen LogP contribution < -0.4 is 0 Å². The number of benzene rings is 2. The number of aromatic nitrogens is 3. The second-order valence-electron chi connectivity index (χ2n) is 6.48. The number of rotatable bonds is 3. The van der Waals surface area contributed by atoms with E-state index in [1.807, 2.05) is 6.07 Å². The van der Waals surface area contributed by atoms with Crippen LogP contribution in [0.2, 0.25) is 0 Å². The number of aryl methyl sites for hydroxylation is 1. The Balaban J connectivity index is 1.49. The number of nitriles is 1. The van der Waals surface area contributed by atoms with Gasteiger partial charge in [0.15, 0.2) is 0 Å². The highest BCUT2D eigenvalue weighted by atomic mass is 16.2. The number of carbonyl (C=O) groups excluding carboxylic acids is 1. The predicted octanol–water partition coefficient (Wildman–Crippen LogP) is 2.67. The zero-order chi connectivity index (χ0) is 18.1. The van der Waals surface area contributed by atoms with Gasteiger partial charge in [0.2, 0.25) is 5.91 Å². The zero-order valence-corrected chi connectivity index (χ0v) is 14.4. The molecule has 4 rings (SSSR count). The first kappa shape index (κ1) is 16.0. The number of hydrogen-bond acceptors (Lipinski definition) is 4. The molecule has 0 radical (unpaired) electrons. The molecule has 1 amide bonds. The Hall–Kier alpha value is -3.46. The van der Waals surface area contributed by atoms with Crippen molar-refractivity contribution in [2.24, 2.45) is 0 Å². The van der Waals surface area contributed by atoms with E-state index in [1.54, 1.807) is 4.90 Å². The van der Waals surface area contributed by atoms with E-state index in [0.717, 1.165) is 5.56 Å². The van der Waals surface area contributed by atoms with Crippen molar-refractivity contribution in [3.05, 3.63) is 71.3 Å². The molecule has 0 N–H and O–H groups in total. The summed E-state index contributed by atoms with van der Waals surface area (Å²) in [5.74, 6) is 0.0396. The van der Waals surface area contributed by atoms with Gasteiger partial charge in [0.05, 0.1) is 0 Å². The van der Waals surface area contributed by atoms with Crippen LogP contribution in [0.5, 0.6) is 0 Å². The third-order valence-electron chi connectivity index (χ3n) is 4.60. The van der Waals surface area contributed by atoms with E-state index in [0.29, 0.717) is 13.1 Å². The average molecular weight is 343 g/mol. The minimum atomic E-state index is -0.0347. The van der Waals surface area contributed by atoms with Crippen molar-refractivity contribution in [3.8, 4) is 17.2 Å². The highest BCUT2D eigenvalue weighted by Crippen LogP contribution is 2.28. The Morgan fingerprint density at radius 3 is 2.58 bits per heavy atom. The average Bonchev–Trinajstić information content (AvgIpc) is 3.28. The molecular weight excluding hydrogens is 326 g/mol. The molecule has 0 fully saturated rings. The minimum Gasteiger partial charge on any atom is -0.332 e. The van der Waals surface area contributed by atoms with Crippen LogP contribution in [0.3, 0.4) is 0 Å². The van der Waals surface area contributed by atoms with Gasteiger partial charge < -0.3 is 4.90 Å². The molecule has 6 nitrogen and oxygen atoms in total. The maximum Gasteiger partial charge on any atom is 0.252 e. The smallest absolute Gasteiger partial charge is 0.252 e. The fourth-order valence-corrected chi connectivity index (χ4v) is 3.16. The fraction of sp³-hybridized carbons (Fsp3) is 0.200. The zero-order valence-electron chi connectivity index (χ0n) is 14.4. The van der Waals surface area contributed by atoms with Crippen LogP contribution >= 0.6 is 0 Å². The molecule has 0 bridgehead atoms. The number of hydrogen-bond donors (Lipinski definition) is 0. The van der Waals surface area contributed by atoms with Gasteiger partial charge in [0, 0.05) is 13.1 Å². The second kappa shape index (κ2) is 6.45. The number of fused-ring (bicyclic) bond motifs is 1. The molecule has 1 aliphatic rings. The van der Waals surface area contributed by atoms with Gasteiger partial charge in [-0.15, -0.1) is 5.10 Å². The molecule has 0 atom stereocenters. The third kappa shape index (κ3) is 3.07. The molecule has 2 aromatic carbocycles. The van der Waals surface area contributed by atoms with E-state index < -0.39 is 0 Å². The first-order chi connectivity index (χ1) is 12.6. The Morgan fingerprint density at radius 1 is 1.12 bits per heavy atom. The lowest BCUT2D eigenvalue weighted by Gasteiger charge is -2.14. The summed E-state index contributed by atoms with van der Waals surface area (Å²) in [6.07, 6.45) is 1.41. The molecule has 6 heteroatoms. The van der Waals surface area contributed by atoms with E-state index in [4.69, 9.17) is 5.26 Å².